The van der Waals surface area contributed by atoms with Crippen molar-refractivity contribution >= 4 is 59.0 Å². The lowest BCUT2D eigenvalue weighted by Gasteiger charge is -2.25. The van der Waals surface area contributed by atoms with Crippen molar-refractivity contribution in [1.82, 2.24) is 0 Å². The molecule has 1 aromatic carbocycles. The summed E-state index contributed by atoms with van der Waals surface area (Å²) in [4.78, 5) is -8.88. The van der Waals surface area contributed by atoms with Gasteiger partial charge < -0.3 is 0 Å². The van der Waals surface area contributed by atoms with Crippen molar-refractivity contribution in [3.05, 3.63) is 0 Å². The van der Waals surface area contributed by atoms with Crippen molar-refractivity contribution < 1.29 is 50.5 Å². The van der Waals surface area contributed by atoms with Crippen LogP contribution in [0.15, 0.2) is 29.4 Å². The van der Waals surface area contributed by atoms with Crippen LogP contribution in [0.3, 0.4) is 0 Å². The Hall–Kier alpha value is -1.08. The number of rotatable bonds is 18. The highest BCUT2D eigenvalue weighted by molar-refractivity contribution is 7.99. The minimum Gasteiger partial charge on any atom is -0.224 e. The Morgan fingerprint density at radius 1 is 0.262 bits per heavy atom. The van der Waals surface area contributed by atoms with Gasteiger partial charge in [-0.3, -0.25) is 0 Å². The first-order valence-electron chi connectivity index (χ1n) is 13.7. The van der Waals surface area contributed by atoms with Crippen LogP contribution in [0.25, 0.3) is 0 Å². The van der Waals surface area contributed by atoms with Crippen LogP contribution in [-0.4, -0.2) is 85.0 Å². The summed E-state index contributed by atoms with van der Waals surface area (Å²) in [5.41, 5.74) is 0. The molecule has 12 nitrogen and oxygen atoms in total. The molecule has 0 atom stereocenters. The van der Waals surface area contributed by atoms with Crippen molar-refractivity contribution in [2.75, 3.05) is 34.5 Å². The summed E-state index contributed by atoms with van der Waals surface area (Å²) < 4.78 is 166. The minimum atomic E-state index is -5.03. The normalized spacial score (nSPS) is 13.9. The first-order valence-corrected chi connectivity index (χ1v) is 23.6. The first-order chi connectivity index (χ1) is 19.1. The summed E-state index contributed by atoms with van der Waals surface area (Å²) in [6, 6.07) is 0. The fraction of sp³-hybridized carbons (Fsp3) is 0.750. The molecule has 0 spiro atoms. The average Bonchev–Trinajstić information content (AvgIpc) is 2.82. The Bertz CT molecular complexity index is 1430. The van der Waals surface area contributed by atoms with Gasteiger partial charge in [-0.2, -0.15) is 0 Å². The number of sulfone groups is 6. The third-order valence-corrected chi connectivity index (χ3v) is 18.6. The Kier molecular flexibility index (Phi) is 13.3. The van der Waals surface area contributed by atoms with Gasteiger partial charge in [0.25, 0.3) is 0 Å². The molecule has 0 aliphatic carbocycles. The Morgan fingerprint density at radius 2 is 0.357 bits per heavy atom. The number of benzene rings is 1. The molecule has 0 aliphatic rings. The maximum Gasteiger partial charge on any atom is 0.181 e. The maximum atomic E-state index is 13.9. The van der Waals surface area contributed by atoms with Crippen molar-refractivity contribution in [3.63, 3.8) is 0 Å². The summed E-state index contributed by atoms with van der Waals surface area (Å²) in [5, 5.41) is 0. The van der Waals surface area contributed by atoms with E-state index in [9.17, 15) is 50.5 Å². The summed E-state index contributed by atoms with van der Waals surface area (Å²) in [5.74, 6) is -5.18. The van der Waals surface area contributed by atoms with E-state index in [0.29, 0.717) is 0 Å². The lowest BCUT2D eigenvalue weighted by molar-refractivity contribution is 0.538. The zero-order valence-electron chi connectivity index (χ0n) is 24.8. The van der Waals surface area contributed by atoms with Crippen LogP contribution in [0.4, 0.5) is 0 Å². The van der Waals surface area contributed by atoms with E-state index in [2.05, 4.69) is 0 Å². The van der Waals surface area contributed by atoms with Gasteiger partial charge in [0.2, 0.25) is 0 Å². The molecule has 1 aromatic rings. The molecule has 0 saturated carbocycles. The van der Waals surface area contributed by atoms with Crippen LogP contribution >= 0.6 is 0 Å². The quantitative estimate of drug-likeness (QED) is 0.215. The van der Waals surface area contributed by atoms with Crippen LogP contribution in [0, 0.1) is 0 Å². The average molecular weight is 715 g/mol. The zero-order valence-corrected chi connectivity index (χ0v) is 29.7. The number of hydrogen-bond acceptors (Lipinski definition) is 12. The lowest BCUT2D eigenvalue weighted by atomic mass is 10.3. The Balaban J connectivity index is 5.46. The van der Waals surface area contributed by atoms with Gasteiger partial charge in [0, 0.05) is 0 Å². The molecule has 42 heavy (non-hydrogen) atoms. The molecule has 0 fully saturated rings. The van der Waals surface area contributed by atoms with E-state index in [1.54, 1.807) is 0 Å². The molecule has 0 amide bonds. The minimum absolute atomic E-state index is 0.174. The van der Waals surface area contributed by atoms with Crippen LogP contribution in [0.5, 0.6) is 0 Å². The summed E-state index contributed by atoms with van der Waals surface area (Å²) in [6.07, 6.45) is -1.04. The molecule has 0 bridgehead atoms. The van der Waals surface area contributed by atoms with Crippen LogP contribution in [0.2, 0.25) is 0 Å². The summed E-state index contributed by atoms with van der Waals surface area (Å²) in [6.45, 7) is 8.34. The van der Waals surface area contributed by atoms with Crippen molar-refractivity contribution in [2.45, 2.75) is 109 Å². The lowest BCUT2D eigenvalue weighted by Crippen LogP contribution is -2.30. The van der Waals surface area contributed by atoms with Crippen LogP contribution in [0.1, 0.15) is 80.1 Å². The second-order valence-electron chi connectivity index (χ2n) is 9.89. The zero-order chi connectivity index (χ0) is 32.9. The first kappa shape index (κ1) is 38.9. The molecule has 0 saturated heterocycles. The van der Waals surface area contributed by atoms with Crippen molar-refractivity contribution in [1.29, 1.82) is 0 Å². The van der Waals surface area contributed by atoms with Crippen LogP contribution < -0.4 is 0 Å². The van der Waals surface area contributed by atoms with Crippen molar-refractivity contribution in [2.24, 2.45) is 0 Å². The van der Waals surface area contributed by atoms with E-state index >= 15 is 0 Å². The molecular formula is C24H42O12S6. The Morgan fingerprint density at radius 3 is 0.429 bits per heavy atom. The van der Waals surface area contributed by atoms with Gasteiger partial charge in [0.15, 0.2) is 59.0 Å². The van der Waals surface area contributed by atoms with E-state index in [1.807, 2.05) is 0 Å². The monoisotopic (exact) mass is 714 g/mol. The van der Waals surface area contributed by atoms with E-state index < -0.39 is 123 Å². The largest absolute Gasteiger partial charge is 0.224 e. The third kappa shape index (κ3) is 8.14. The molecule has 0 radical (unpaired) electrons. The molecule has 18 heteroatoms. The van der Waals surface area contributed by atoms with Crippen molar-refractivity contribution in [3.8, 4) is 0 Å². The van der Waals surface area contributed by atoms with E-state index in [4.69, 9.17) is 0 Å². The fourth-order valence-electron chi connectivity index (χ4n) is 4.54. The SMILES string of the molecule is CCCS(=O)(=O)c1c(S(=O)(=O)CCC)c(S(=O)(=O)CCC)c(S(=O)(=O)CCC)c(S(=O)(=O)CCC)c1S(=O)(=O)CCC. The smallest absolute Gasteiger partial charge is 0.181 e. The third-order valence-electron chi connectivity index (χ3n) is 5.94. The highest BCUT2D eigenvalue weighted by atomic mass is 32.2. The van der Waals surface area contributed by atoms with Gasteiger partial charge in [-0.15, -0.1) is 0 Å². The Labute approximate surface area is 252 Å². The second-order valence-corrected chi connectivity index (χ2v) is 22.2. The van der Waals surface area contributed by atoms with Gasteiger partial charge in [0.05, 0.1) is 34.5 Å². The predicted molar refractivity (Wildman–Crippen MR) is 161 cm³/mol. The highest BCUT2D eigenvalue weighted by Crippen LogP contribution is 2.46. The van der Waals surface area contributed by atoms with E-state index in [1.165, 1.54) is 41.5 Å². The van der Waals surface area contributed by atoms with Gasteiger partial charge in [-0.1, -0.05) is 41.5 Å². The topological polar surface area (TPSA) is 205 Å². The van der Waals surface area contributed by atoms with Gasteiger partial charge >= 0.3 is 0 Å². The fourth-order valence-corrected chi connectivity index (χ4v) is 18.6. The standard InChI is InChI=1S/C24H42O12S6/c1-7-13-37(25,26)19-20(38(27,28)14-8-2)22(40(31,32)16-10-4)24(42(35,36)18-12-6)23(41(33,34)17-11-5)21(19)39(29,30)15-9-3/h7-18H2,1-6H3. The molecule has 246 valence electrons. The summed E-state index contributed by atoms with van der Waals surface area (Å²) >= 11 is 0. The van der Waals surface area contributed by atoms with Gasteiger partial charge in [0.1, 0.15) is 29.4 Å². The highest BCUT2D eigenvalue weighted by Gasteiger charge is 2.48. The molecule has 1 rings (SSSR count). The second kappa shape index (κ2) is 14.3. The molecule has 0 N–H and O–H groups in total. The summed E-state index contributed by atoms with van der Waals surface area (Å²) in [7, 11) is -30.2. The molecule has 0 aromatic heterocycles. The maximum absolute atomic E-state index is 13.9. The van der Waals surface area contributed by atoms with Crippen LogP contribution in [-0.2, 0) is 59.0 Å². The number of hydrogen-bond donors (Lipinski definition) is 0. The van der Waals surface area contributed by atoms with Gasteiger partial charge in [-0.05, 0) is 38.5 Å². The van der Waals surface area contributed by atoms with E-state index in [-0.39, 0.29) is 38.5 Å². The van der Waals surface area contributed by atoms with E-state index in [0.717, 1.165) is 0 Å². The molecular weight excluding hydrogens is 673 g/mol. The predicted octanol–water partition coefficient (Wildman–Crippen LogP) is 2.79. The molecule has 0 aliphatic heterocycles. The molecule has 0 heterocycles. The van der Waals surface area contributed by atoms with Gasteiger partial charge in [-0.25, -0.2) is 50.5 Å². The molecule has 0 unspecified atom stereocenters.